The maximum atomic E-state index is 4.35. The zero-order valence-electron chi connectivity index (χ0n) is 11.9. The topological polar surface area (TPSA) is 34.6 Å². The number of nitrogens with zero attached hydrogens (tertiary/aromatic N) is 4. The first kappa shape index (κ1) is 13.3. The Morgan fingerprint density at radius 1 is 1.00 bits per heavy atom. The summed E-state index contributed by atoms with van der Waals surface area (Å²) in [7, 11) is 0. The Bertz CT molecular complexity index is 831. The van der Waals surface area contributed by atoms with E-state index < -0.39 is 0 Å². The van der Waals surface area contributed by atoms with Gasteiger partial charge in [-0.25, -0.2) is 9.97 Å². The van der Waals surface area contributed by atoms with Gasteiger partial charge in [-0.05, 0) is 27.7 Å². The highest BCUT2D eigenvalue weighted by atomic mass is 32.1. The van der Waals surface area contributed by atoms with Gasteiger partial charge < -0.3 is 0 Å². The fraction of sp³-hybridized carbons (Fsp3) is 0.286. The van der Waals surface area contributed by atoms with E-state index in [0.717, 1.165) is 15.6 Å². The zero-order valence-corrected chi connectivity index (χ0v) is 13.5. The van der Waals surface area contributed by atoms with Crippen LogP contribution < -0.4 is 0 Å². The predicted octanol–water partition coefficient (Wildman–Crippen LogP) is 4.03. The highest BCUT2D eigenvalue weighted by molar-refractivity contribution is 7.15. The SMILES string of the molecule is Cc1cnc2scc(C)n12.Cc1nc2sccn2c1C. The second-order valence-corrected chi connectivity index (χ2v) is 6.44. The van der Waals surface area contributed by atoms with E-state index in [1.54, 1.807) is 22.7 Å². The molecule has 0 aromatic carbocycles. The molecule has 4 aromatic heterocycles. The van der Waals surface area contributed by atoms with Crippen molar-refractivity contribution < 1.29 is 0 Å². The smallest absolute Gasteiger partial charge is 0.194 e. The summed E-state index contributed by atoms with van der Waals surface area (Å²) in [4.78, 5) is 10.8. The lowest BCUT2D eigenvalue weighted by Crippen LogP contribution is -1.84. The van der Waals surface area contributed by atoms with Gasteiger partial charge in [0.25, 0.3) is 0 Å². The highest BCUT2D eigenvalue weighted by Gasteiger charge is 2.03. The molecule has 0 fully saturated rings. The Kier molecular flexibility index (Phi) is 3.35. The minimum absolute atomic E-state index is 1.09. The van der Waals surface area contributed by atoms with E-state index in [0.29, 0.717) is 0 Å². The molecule has 4 heterocycles. The summed E-state index contributed by atoms with van der Waals surface area (Å²) in [6, 6.07) is 0. The number of hydrogen-bond donors (Lipinski definition) is 0. The summed E-state index contributed by atoms with van der Waals surface area (Å²) in [6.07, 6.45) is 3.95. The molecule has 0 unspecified atom stereocenters. The van der Waals surface area contributed by atoms with Gasteiger partial charge in [0.1, 0.15) is 0 Å². The fourth-order valence-electron chi connectivity index (χ4n) is 2.12. The quantitative estimate of drug-likeness (QED) is 0.491. The molecule has 0 aliphatic rings. The zero-order chi connectivity index (χ0) is 14.3. The van der Waals surface area contributed by atoms with Gasteiger partial charge in [0.2, 0.25) is 0 Å². The first-order valence-corrected chi connectivity index (χ1v) is 8.10. The van der Waals surface area contributed by atoms with Gasteiger partial charge in [-0.2, -0.15) is 0 Å². The number of aryl methyl sites for hydroxylation is 4. The van der Waals surface area contributed by atoms with Crippen LogP contribution in [0, 0.1) is 27.7 Å². The molecule has 6 heteroatoms. The van der Waals surface area contributed by atoms with Crippen molar-refractivity contribution in [1.82, 2.24) is 18.8 Å². The van der Waals surface area contributed by atoms with E-state index in [1.807, 2.05) is 13.1 Å². The minimum atomic E-state index is 1.09. The van der Waals surface area contributed by atoms with Crippen molar-refractivity contribution in [3.8, 4) is 0 Å². The maximum absolute atomic E-state index is 4.35. The van der Waals surface area contributed by atoms with Crippen LogP contribution in [0.1, 0.15) is 22.8 Å². The van der Waals surface area contributed by atoms with Crippen molar-refractivity contribution in [3.05, 3.63) is 45.9 Å². The van der Waals surface area contributed by atoms with Crippen LogP contribution in [0.4, 0.5) is 0 Å². The van der Waals surface area contributed by atoms with Crippen molar-refractivity contribution in [3.63, 3.8) is 0 Å². The van der Waals surface area contributed by atoms with Gasteiger partial charge in [-0.1, -0.05) is 0 Å². The van der Waals surface area contributed by atoms with Gasteiger partial charge in [0, 0.05) is 40.2 Å². The molecule has 0 aliphatic heterocycles. The van der Waals surface area contributed by atoms with E-state index in [2.05, 4.69) is 56.5 Å². The summed E-state index contributed by atoms with van der Waals surface area (Å²) in [5.74, 6) is 0. The average Bonchev–Trinajstić information content (AvgIpc) is 3.13. The van der Waals surface area contributed by atoms with Gasteiger partial charge in [-0.15, -0.1) is 22.7 Å². The molecule has 4 nitrogen and oxygen atoms in total. The van der Waals surface area contributed by atoms with Gasteiger partial charge in [0.05, 0.1) is 5.69 Å². The van der Waals surface area contributed by atoms with Crippen LogP contribution in [-0.2, 0) is 0 Å². The highest BCUT2D eigenvalue weighted by Crippen LogP contribution is 2.16. The second-order valence-electron chi connectivity index (χ2n) is 4.73. The van der Waals surface area contributed by atoms with Crippen LogP contribution >= 0.6 is 22.7 Å². The lowest BCUT2D eigenvalue weighted by Gasteiger charge is -1.89. The third-order valence-electron chi connectivity index (χ3n) is 3.33. The molecule has 0 saturated carbocycles. The Balaban J connectivity index is 0.000000121. The van der Waals surface area contributed by atoms with Crippen LogP contribution in [-0.4, -0.2) is 18.8 Å². The van der Waals surface area contributed by atoms with Crippen molar-refractivity contribution in [2.45, 2.75) is 27.7 Å². The van der Waals surface area contributed by atoms with Gasteiger partial charge in [0.15, 0.2) is 9.92 Å². The largest absolute Gasteiger partial charge is 0.295 e. The summed E-state index contributed by atoms with van der Waals surface area (Å²) in [5, 5.41) is 4.17. The second kappa shape index (κ2) is 5.03. The lowest BCUT2D eigenvalue weighted by molar-refractivity contribution is 1.07. The monoisotopic (exact) mass is 304 g/mol. The standard InChI is InChI=1S/2C7H8N2S/c1-5-3-8-7-9(5)6(2)4-10-7;1-5-6(2)9-3-4-10-7(9)8-5/h2*3-4H,1-2H3. The molecular formula is C14H16N4S2. The van der Waals surface area contributed by atoms with Gasteiger partial charge in [-0.3, -0.25) is 8.80 Å². The molecule has 0 N–H and O–H groups in total. The minimum Gasteiger partial charge on any atom is -0.295 e. The van der Waals surface area contributed by atoms with Crippen LogP contribution in [0.2, 0.25) is 0 Å². The van der Waals surface area contributed by atoms with Crippen LogP contribution in [0.3, 0.4) is 0 Å². The molecule has 0 aliphatic carbocycles. The van der Waals surface area contributed by atoms with Crippen LogP contribution in [0.25, 0.3) is 9.92 Å². The Morgan fingerprint density at radius 3 is 2.50 bits per heavy atom. The summed E-state index contributed by atoms with van der Waals surface area (Å²) in [5.41, 5.74) is 4.87. The summed E-state index contributed by atoms with van der Waals surface area (Å²) in [6.45, 7) is 8.29. The Hall–Kier alpha value is -1.66. The molecule has 0 spiro atoms. The molecule has 4 aromatic rings. The van der Waals surface area contributed by atoms with Crippen molar-refractivity contribution >= 4 is 32.6 Å². The molecule has 104 valence electrons. The molecule has 0 atom stereocenters. The fourth-order valence-corrected chi connectivity index (χ4v) is 3.82. The van der Waals surface area contributed by atoms with Crippen LogP contribution in [0.5, 0.6) is 0 Å². The molecule has 0 radical (unpaired) electrons. The summed E-state index contributed by atoms with van der Waals surface area (Å²) >= 11 is 3.36. The van der Waals surface area contributed by atoms with E-state index >= 15 is 0 Å². The first-order chi connectivity index (χ1) is 9.58. The molecule has 0 bridgehead atoms. The summed E-state index contributed by atoms with van der Waals surface area (Å²) < 4.78 is 4.27. The van der Waals surface area contributed by atoms with Crippen molar-refractivity contribution in [2.75, 3.05) is 0 Å². The first-order valence-electron chi connectivity index (χ1n) is 6.35. The average molecular weight is 304 g/mol. The van der Waals surface area contributed by atoms with Crippen LogP contribution in [0.15, 0.2) is 23.2 Å². The normalized spacial score (nSPS) is 11.0. The number of fused-ring (bicyclic) bond motifs is 2. The molecular weight excluding hydrogens is 288 g/mol. The third kappa shape index (κ3) is 2.14. The maximum Gasteiger partial charge on any atom is 0.194 e. The number of thiazole rings is 2. The van der Waals surface area contributed by atoms with E-state index in [-0.39, 0.29) is 0 Å². The predicted molar refractivity (Wildman–Crippen MR) is 85.1 cm³/mol. The van der Waals surface area contributed by atoms with E-state index in [9.17, 15) is 0 Å². The Morgan fingerprint density at radius 2 is 1.80 bits per heavy atom. The number of aromatic nitrogens is 4. The third-order valence-corrected chi connectivity index (χ3v) is 5.05. The Labute approximate surface area is 125 Å². The molecule has 4 rings (SSSR count). The molecule has 20 heavy (non-hydrogen) atoms. The molecule has 0 amide bonds. The molecule has 0 saturated heterocycles. The van der Waals surface area contributed by atoms with Gasteiger partial charge >= 0.3 is 0 Å². The number of rotatable bonds is 0. The van der Waals surface area contributed by atoms with Crippen molar-refractivity contribution in [2.24, 2.45) is 0 Å². The van der Waals surface area contributed by atoms with E-state index in [1.165, 1.54) is 17.1 Å². The lowest BCUT2D eigenvalue weighted by atomic mass is 10.4. The van der Waals surface area contributed by atoms with Crippen molar-refractivity contribution in [1.29, 1.82) is 0 Å². The number of imidazole rings is 2. The number of hydrogen-bond acceptors (Lipinski definition) is 4. The van der Waals surface area contributed by atoms with E-state index in [4.69, 9.17) is 0 Å².